The highest BCUT2D eigenvalue weighted by Crippen LogP contribution is 2.29. The molecule has 5 heteroatoms. The third kappa shape index (κ3) is 2.98. The van der Waals surface area contributed by atoms with Gasteiger partial charge in [0.1, 0.15) is 5.84 Å². The Balaban J connectivity index is 2.24. The van der Waals surface area contributed by atoms with Crippen molar-refractivity contribution in [1.82, 2.24) is 0 Å². The number of amidine groups is 1. The number of anilines is 1. The van der Waals surface area contributed by atoms with Gasteiger partial charge in [-0.1, -0.05) is 52.3 Å². The molecular weight excluding hydrogens is 306 g/mol. The minimum atomic E-state index is -0.0348. The minimum absolute atomic E-state index is 0.0348. The number of fused-ring (bicyclic) bond motifs is 1. The maximum atomic E-state index is 8.64. The largest absolute Gasteiger partial charge is 0.409 e. The minimum Gasteiger partial charge on any atom is -0.409 e. The monoisotopic (exact) mass is 321 g/mol. The Bertz CT molecular complexity index is 613. The average Bonchev–Trinajstić information content (AvgIpc) is 2.45. The highest BCUT2D eigenvalue weighted by atomic mass is 79.9. The van der Waals surface area contributed by atoms with Crippen LogP contribution in [0.25, 0.3) is 10.8 Å². The number of nitrogens with zero attached hydrogens (tertiary/aromatic N) is 1. The lowest BCUT2D eigenvalue weighted by atomic mass is 10.1. The Labute approximate surface area is 120 Å². The van der Waals surface area contributed by atoms with Gasteiger partial charge in [-0.05, 0) is 17.5 Å². The highest BCUT2D eigenvalue weighted by molar-refractivity contribution is 9.10. The molecule has 0 saturated carbocycles. The van der Waals surface area contributed by atoms with Crippen LogP contribution in [0.2, 0.25) is 0 Å². The lowest BCUT2D eigenvalue weighted by Gasteiger charge is -2.14. The first kappa shape index (κ1) is 13.7. The molecular formula is C14H16BrN3O. The Morgan fingerprint density at radius 2 is 2.00 bits per heavy atom. The van der Waals surface area contributed by atoms with E-state index in [-0.39, 0.29) is 11.8 Å². The standard InChI is InChI=1S/C14H16BrN3O/c1-9(14(16)18-19)8-17-13-7-6-12(15)10-4-2-3-5-11(10)13/h2-7,9,17,19H,8H2,1H3,(H2,16,18). The maximum Gasteiger partial charge on any atom is 0.143 e. The van der Waals surface area contributed by atoms with Gasteiger partial charge in [0.15, 0.2) is 0 Å². The number of nitrogens with two attached hydrogens (primary N) is 1. The second kappa shape index (κ2) is 5.93. The van der Waals surface area contributed by atoms with Crippen LogP contribution < -0.4 is 11.1 Å². The highest BCUT2D eigenvalue weighted by Gasteiger charge is 2.09. The smallest absolute Gasteiger partial charge is 0.143 e. The van der Waals surface area contributed by atoms with E-state index in [1.807, 2.05) is 31.2 Å². The van der Waals surface area contributed by atoms with Crippen molar-refractivity contribution in [2.45, 2.75) is 6.92 Å². The molecule has 1 unspecified atom stereocenters. The number of hydrogen-bond acceptors (Lipinski definition) is 3. The zero-order valence-electron chi connectivity index (χ0n) is 10.6. The molecule has 0 aliphatic carbocycles. The van der Waals surface area contributed by atoms with Crippen molar-refractivity contribution in [2.75, 3.05) is 11.9 Å². The molecule has 4 N–H and O–H groups in total. The van der Waals surface area contributed by atoms with Crippen LogP contribution in [0.15, 0.2) is 46.0 Å². The molecule has 0 aliphatic heterocycles. The number of hydrogen-bond donors (Lipinski definition) is 3. The fourth-order valence-corrected chi connectivity index (χ4v) is 2.36. The van der Waals surface area contributed by atoms with Crippen molar-refractivity contribution in [2.24, 2.45) is 16.8 Å². The van der Waals surface area contributed by atoms with Crippen LogP contribution in [-0.2, 0) is 0 Å². The van der Waals surface area contributed by atoms with Gasteiger partial charge in [-0.3, -0.25) is 0 Å². The molecule has 0 amide bonds. The molecule has 0 aromatic heterocycles. The van der Waals surface area contributed by atoms with Crippen LogP contribution in [0, 0.1) is 5.92 Å². The second-order valence-corrected chi connectivity index (χ2v) is 5.30. The van der Waals surface area contributed by atoms with Crippen LogP contribution in [0.5, 0.6) is 0 Å². The van der Waals surface area contributed by atoms with E-state index >= 15 is 0 Å². The first-order valence-electron chi connectivity index (χ1n) is 6.02. The summed E-state index contributed by atoms with van der Waals surface area (Å²) < 4.78 is 1.07. The zero-order valence-corrected chi connectivity index (χ0v) is 12.2. The van der Waals surface area contributed by atoms with E-state index in [0.29, 0.717) is 6.54 Å². The van der Waals surface area contributed by atoms with Crippen LogP contribution in [-0.4, -0.2) is 17.6 Å². The van der Waals surface area contributed by atoms with Crippen LogP contribution in [0.1, 0.15) is 6.92 Å². The van der Waals surface area contributed by atoms with Gasteiger partial charge in [0.05, 0.1) is 0 Å². The van der Waals surface area contributed by atoms with Crippen molar-refractivity contribution < 1.29 is 5.21 Å². The molecule has 4 nitrogen and oxygen atoms in total. The Kier molecular flexibility index (Phi) is 4.27. The third-order valence-corrected chi connectivity index (χ3v) is 3.78. The average molecular weight is 322 g/mol. The van der Waals surface area contributed by atoms with E-state index in [2.05, 4.69) is 38.5 Å². The first-order chi connectivity index (χ1) is 9.13. The summed E-state index contributed by atoms with van der Waals surface area (Å²) in [5.74, 6) is 0.196. The first-order valence-corrected chi connectivity index (χ1v) is 6.81. The van der Waals surface area contributed by atoms with E-state index in [1.54, 1.807) is 0 Å². The fourth-order valence-electron chi connectivity index (χ4n) is 1.88. The lowest BCUT2D eigenvalue weighted by molar-refractivity contribution is 0.315. The number of rotatable bonds is 4. The number of oxime groups is 1. The SMILES string of the molecule is CC(CNc1ccc(Br)c2ccccc12)/C(N)=N/O. The van der Waals surface area contributed by atoms with Gasteiger partial charge in [0, 0.05) is 28.0 Å². The molecule has 19 heavy (non-hydrogen) atoms. The van der Waals surface area contributed by atoms with Crippen molar-refractivity contribution in [3.05, 3.63) is 40.9 Å². The zero-order chi connectivity index (χ0) is 13.8. The summed E-state index contributed by atoms with van der Waals surface area (Å²) >= 11 is 3.55. The topological polar surface area (TPSA) is 70.6 Å². The second-order valence-electron chi connectivity index (χ2n) is 4.45. The summed E-state index contributed by atoms with van der Waals surface area (Å²) in [6.45, 7) is 2.52. The van der Waals surface area contributed by atoms with Crippen LogP contribution in [0.4, 0.5) is 5.69 Å². The van der Waals surface area contributed by atoms with Gasteiger partial charge >= 0.3 is 0 Å². The summed E-state index contributed by atoms with van der Waals surface area (Å²) in [6.07, 6.45) is 0. The van der Waals surface area contributed by atoms with E-state index in [0.717, 1.165) is 20.9 Å². The molecule has 0 heterocycles. The lowest BCUT2D eigenvalue weighted by Crippen LogP contribution is -2.27. The fraction of sp³-hybridized carbons (Fsp3) is 0.214. The van der Waals surface area contributed by atoms with Gasteiger partial charge < -0.3 is 16.3 Å². The molecule has 0 saturated heterocycles. The third-order valence-electron chi connectivity index (χ3n) is 3.09. The Morgan fingerprint density at radius 3 is 2.68 bits per heavy atom. The van der Waals surface area contributed by atoms with Gasteiger partial charge in [0.2, 0.25) is 0 Å². The Hall–Kier alpha value is -1.75. The summed E-state index contributed by atoms with van der Waals surface area (Å²) in [5.41, 5.74) is 6.61. The molecule has 2 aromatic carbocycles. The van der Waals surface area contributed by atoms with Crippen molar-refractivity contribution in [3.8, 4) is 0 Å². The van der Waals surface area contributed by atoms with Gasteiger partial charge in [-0.15, -0.1) is 0 Å². The van der Waals surface area contributed by atoms with Crippen molar-refractivity contribution in [3.63, 3.8) is 0 Å². The molecule has 1 atom stereocenters. The van der Waals surface area contributed by atoms with Gasteiger partial charge in [0.25, 0.3) is 0 Å². The number of nitrogens with one attached hydrogen (secondary N) is 1. The molecule has 100 valence electrons. The molecule has 2 rings (SSSR count). The van der Waals surface area contributed by atoms with E-state index in [4.69, 9.17) is 10.9 Å². The van der Waals surface area contributed by atoms with E-state index in [1.165, 1.54) is 0 Å². The molecule has 0 radical (unpaired) electrons. The van der Waals surface area contributed by atoms with Gasteiger partial charge in [-0.25, -0.2) is 0 Å². The molecule has 2 aromatic rings. The van der Waals surface area contributed by atoms with Crippen molar-refractivity contribution in [1.29, 1.82) is 0 Å². The molecule has 0 bridgehead atoms. The van der Waals surface area contributed by atoms with E-state index < -0.39 is 0 Å². The van der Waals surface area contributed by atoms with Crippen LogP contribution >= 0.6 is 15.9 Å². The quantitative estimate of drug-likeness (QED) is 0.350. The summed E-state index contributed by atoms with van der Waals surface area (Å²) in [7, 11) is 0. The normalized spacial score (nSPS) is 13.5. The van der Waals surface area contributed by atoms with Crippen LogP contribution in [0.3, 0.4) is 0 Å². The molecule has 0 spiro atoms. The predicted octanol–water partition coefficient (Wildman–Crippen LogP) is 3.40. The number of benzene rings is 2. The van der Waals surface area contributed by atoms with Crippen molar-refractivity contribution >= 4 is 38.2 Å². The summed E-state index contributed by atoms with van der Waals surface area (Å²) in [5, 5.41) is 17.3. The molecule has 0 aliphatic rings. The maximum absolute atomic E-state index is 8.64. The summed E-state index contributed by atoms with van der Waals surface area (Å²) in [4.78, 5) is 0. The Morgan fingerprint density at radius 1 is 1.32 bits per heavy atom. The van der Waals surface area contributed by atoms with E-state index in [9.17, 15) is 0 Å². The summed E-state index contributed by atoms with van der Waals surface area (Å²) in [6, 6.07) is 12.2. The molecule has 0 fully saturated rings. The number of halogens is 1. The van der Waals surface area contributed by atoms with Gasteiger partial charge in [-0.2, -0.15) is 0 Å². The predicted molar refractivity (Wildman–Crippen MR) is 82.7 cm³/mol.